The van der Waals surface area contributed by atoms with Crippen molar-refractivity contribution in [2.24, 2.45) is 11.8 Å². The van der Waals surface area contributed by atoms with Gasteiger partial charge in [-0.15, -0.1) is 0 Å². The van der Waals surface area contributed by atoms with Crippen molar-refractivity contribution >= 4 is 11.8 Å². The molecule has 0 N–H and O–H groups in total. The zero-order valence-electron chi connectivity index (χ0n) is 18.6. The highest BCUT2D eigenvalue weighted by molar-refractivity contribution is 5.89. The summed E-state index contributed by atoms with van der Waals surface area (Å²) in [6, 6.07) is -0.0622. The lowest BCUT2D eigenvalue weighted by atomic mass is 9.71. The summed E-state index contributed by atoms with van der Waals surface area (Å²) >= 11 is 0. The van der Waals surface area contributed by atoms with Crippen molar-refractivity contribution in [3.05, 3.63) is 18.0 Å². The molecule has 2 amide bonds. The molecule has 4 saturated heterocycles. The number of nitrogens with zero attached hydrogens (tertiary/aromatic N) is 5. The molecular weight excluding hydrogens is 394 g/mol. The van der Waals surface area contributed by atoms with Gasteiger partial charge in [0.05, 0.1) is 19.4 Å². The van der Waals surface area contributed by atoms with Gasteiger partial charge in [-0.05, 0) is 50.6 Å². The first-order chi connectivity index (χ1) is 15.1. The van der Waals surface area contributed by atoms with Crippen molar-refractivity contribution in [1.82, 2.24) is 24.5 Å². The molecule has 4 aliphatic rings. The van der Waals surface area contributed by atoms with Crippen LogP contribution in [0.4, 0.5) is 0 Å². The second-order valence-corrected chi connectivity index (χ2v) is 9.79. The topological polar surface area (TPSA) is 70.9 Å². The number of carbonyl (C=O) groups is 2. The number of rotatable bonds is 5. The molecule has 1 aromatic rings. The van der Waals surface area contributed by atoms with Crippen LogP contribution in [0, 0.1) is 18.8 Å². The molecule has 170 valence electrons. The van der Waals surface area contributed by atoms with Crippen LogP contribution in [-0.2, 0) is 20.9 Å². The van der Waals surface area contributed by atoms with Gasteiger partial charge in [-0.2, -0.15) is 5.10 Å². The Morgan fingerprint density at radius 3 is 2.77 bits per heavy atom. The van der Waals surface area contributed by atoms with Crippen molar-refractivity contribution in [1.29, 1.82) is 0 Å². The number of fused-ring (bicyclic) bond motifs is 4. The molecule has 1 aromatic heterocycles. The Kier molecular flexibility index (Phi) is 6.01. The first-order valence-corrected chi connectivity index (χ1v) is 12.0. The molecule has 4 atom stereocenters. The fourth-order valence-electron chi connectivity index (χ4n) is 6.27. The molecule has 0 spiro atoms. The van der Waals surface area contributed by atoms with E-state index >= 15 is 0 Å². The number of aromatic nitrogens is 2. The van der Waals surface area contributed by atoms with Crippen molar-refractivity contribution in [2.45, 2.75) is 57.7 Å². The molecule has 0 aromatic carbocycles. The summed E-state index contributed by atoms with van der Waals surface area (Å²) in [5.74, 6) is 1.07. The van der Waals surface area contributed by atoms with E-state index in [1.54, 1.807) is 0 Å². The fourth-order valence-corrected chi connectivity index (χ4v) is 6.27. The van der Waals surface area contributed by atoms with Crippen LogP contribution in [0.25, 0.3) is 0 Å². The molecule has 5 rings (SSSR count). The lowest BCUT2D eigenvalue weighted by Gasteiger charge is -2.56. The summed E-state index contributed by atoms with van der Waals surface area (Å²) in [6.07, 6.45) is 8.71. The third kappa shape index (κ3) is 4.24. The van der Waals surface area contributed by atoms with Gasteiger partial charge in [0.15, 0.2) is 0 Å². The maximum Gasteiger partial charge on any atom is 0.245 e. The van der Waals surface area contributed by atoms with E-state index in [9.17, 15) is 9.59 Å². The Morgan fingerprint density at radius 1 is 1.19 bits per heavy atom. The normalized spacial score (nSPS) is 31.6. The van der Waals surface area contributed by atoms with Crippen LogP contribution in [0.3, 0.4) is 0 Å². The molecule has 4 fully saturated rings. The number of piperidine rings is 3. The highest BCUT2D eigenvalue weighted by atomic mass is 16.5. The van der Waals surface area contributed by atoms with Crippen LogP contribution in [0.2, 0.25) is 0 Å². The average Bonchev–Trinajstić information content (AvgIpc) is 3.20. The van der Waals surface area contributed by atoms with Gasteiger partial charge in [0.25, 0.3) is 0 Å². The van der Waals surface area contributed by atoms with Gasteiger partial charge < -0.3 is 19.4 Å². The number of morpholine rings is 1. The molecule has 5 heterocycles. The quantitative estimate of drug-likeness (QED) is 0.702. The molecule has 31 heavy (non-hydrogen) atoms. The summed E-state index contributed by atoms with van der Waals surface area (Å²) in [6.45, 7) is 8.45. The van der Waals surface area contributed by atoms with Gasteiger partial charge in [0, 0.05) is 57.3 Å². The number of likely N-dealkylation sites (tertiary alicyclic amines) is 1. The smallest absolute Gasteiger partial charge is 0.245 e. The zero-order valence-corrected chi connectivity index (χ0v) is 18.6. The van der Waals surface area contributed by atoms with E-state index in [4.69, 9.17) is 4.74 Å². The summed E-state index contributed by atoms with van der Waals surface area (Å²) in [5.41, 5.74) is 1.19. The first kappa shape index (κ1) is 20.9. The zero-order chi connectivity index (χ0) is 21.4. The number of aryl methyl sites for hydroxylation is 2. The Morgan fingerprint density at radius 2 is 2.00 bits per heavy atom. The lowest BCUT2D eigenvalue weighted by molar-refractivity contribution is -0.167. The largest absolute Gasteiger partial charge is 0.378 e. The Balaban J connectivity index is 1.30. The highest BCUT2D eigenvalue weighted by Gasteiger charge is 2.52. The van der Waals surface area contributed by atoms with Gasteiger partial charge in [0.2, 0.25) is 11.8 Å². The fraction of sp³-hybridized carbons (Fsp3) is 0.783. The molecule has 0 saturated carbocycles. The van der Waals surface area contributed by atoms with Gasteiger partial charge in [-0.3, -0.25) is 14.3 Å². The monoisotopic (exact) mass is 429 g/mol. The van der Waals surface area contributed by atoms with E-state index in [0.717, 1.165) is 51.9 Å². The van der Waals surface area contributed by atoms with Crippen LogP contribution in [0.15, 0.2) is 12.4 Å². The Hall–Kier alpha value is -1.93. The van der Waals surface area contributed by atoms with Crippen LogP contribution in [0.5, 0.6) is 0 Å². The van der Waals surface area contributed by atoms with Gasteiger partial charge >= 0.3 is 0 Å². The first-order valence-electron chi connectivity index (χ1n) is 12.0. The minimum atomic E-state index is -0.288. The number of amides is 2. The van der Waals surface area contributed by atoms with E-state index in [0.29, 0.717) is 38.6 Å². The molecule has 4 aliphatic heterocycles. The SMILES string of the molecule is Cc1cnn(CCCN2C[C@@H]3C[C@H](C2)[C@H](C(=O)N2CCOCC2)N2C(=O)CCC[C@@H]32)c1. The molecule has 0 aliphatic carbocycles. The number of carbonyl (C=O) groups excluding carboxylic acids is 2. The van der Waals surface area contributed by atoms with E-state index in [-0.39, 0.29) is 29.8 Å². The molecule has 0 unspecified atom stereocenters. The second kappa shape index (κ2) is 8.90. The maximum absolute atomic E-state index is 13.6. The average molecular weight is 430 g/mol. The van der Waals surface area contributed by atoms with E-state index in [1.165, 1.54) is 5.56 Å². The van der Waals surface area contributed by atoms with Crippen LogP contribution in [-0.4, -0.2) is 94.3 Å². The molecule has 0 radical (unpaired) electrons. The maximum atomic E-state index is 13.6. The third-order valence-electron chi connectivity index (χ3n) is 7.62. The minimum Gasteiger partial charge on any atom is -0.378 e. The summed E-state index contributed by atoms with van der Waals surface area (Å²) < 4.78 is 7.48. The molecule has 8 nitrogen and oxygen atoms in total. The van der Waals surface area contributed by atoms with Gasteiger partial charge in [-0.1, -0.05) is 0 Å². The van der Waals surface area contributed by atoms with Crippen molar-refractivity contribution < 1.29 is 14.3 Å². The van der Waals surface area contributed by atoms with Gasteiger partial charge in [-0.25, -0.2) is 0 Å². The predicted molar refractivity (Wildman–Crippen MR) is 115 cm³/mol. The van der Waals surface area contributed by atoms with Crippen LogP contribution >= 0.6 is 0 Å². The summed E-state index contributed by atoms with van der Waals surface area (Å²) in [4.78, 5) is 33.1. The lowest BCUT2D eigenvalue weighted by Crippen LogP contribution is -2.69. The van der Waals surface area contributed by atoms with E-state index in [2.05, 4.69) is 23.1 Å². The van der Waals surface area contributed by atoms with Crippen molar-refractivity contribution in [2.75, 3.05) is 45.9 Å². The summed E-state index contributed by atoms with van der Waals surface area (Å²) in [7, 11) is 0. The predicted octanol–water partition coefficient (Wildman–Crippen LogP) is 1.14. The van der Waals surface area contributed by atoms with Crippen molar-refractivity contribution in [3.8, 4) is 0 Å². The van der Waals surface area contributed by atoms with Crippen molar-refractivity contribution in [3.63, 3.8) is 0 Å². The molecular formula is C23H35N5O3. The Bertz CT molecular complexity index is 805. The Labute approximate surface area is 184 Å². The minimum absolute atomic E-state index is 0.154. The second-order valence-electron chi connectivity index (χ2n) is 9.79. The van der Waals surface area contributed by atoms with Gasteiger partial charge in [0.1, 0.15) is 6.04 Å². The third-order valence-corrected chi connectivity index (χ3v) is 7.62. The number of hydrogen-bond acceptors (Lipinski definition) is 5. The molecule has 2 bridgehead atoms. The van der Waals surface area contributed by atoms with E-state index in [1.807, 2.05) is 20.7 Å². The number of hydrogen-bond donors (Lipinski definition) is 0. The highest BCUT2D eigenvalue weighted by Crippen LogP contribution is 2.42. The number of ether oxygens (including phenoxy) is 1. The van der Waals surface area contributed by atoms with Crippen LogP contribution in [0.1, 0.15) is 37.7 Å². The summed E-state index contributed by atoms with van der Waals surface area (Å²) in [5, 5.41) is 4.40. The molecule has 8 heteroatoms. The van der Waals surface area contributed by atoms with E-state index < -0.39 is 0 Å². The van der Waals surface area contributed by atoms with Crippen LogP contribution < -0.4 is 0 Å². The standard InChI is InChI=1S/C23H35N5O3/c1-17-13-24-27(14-17)7-3-6-25-15-18-12-19(16-25)22(23(30)26-8-10-31-11-9-26)28-20(18)4-2-5-21(28)29/h13-14,18-20,22H,2-12,15-16H2,1H3/t18-,19+,20-,22+/m0/s1.